The molecule has 3 aromatic rings. The van der Waals surface area contributed by atoms with E-state index in [0.29, 0.717) is 6.54 Å². The number of benzene rings is 1. The topological polar surface area (TPSA) is 88.4 Å². The third kappa shape index (κ3) is 5.43. The number of rotatable bonds is 6. The van der Waals surface area contributed by atoms with Gasteiger partial charge in [-0.1, -0.05) is 29.5 Å². The molecule has 9 heteroatoms. The van der Waals surface area contributed by atoms with Gasteiger partial charge in [0.25, 0.3) is 0 Å². The number of amides is 1. The minimum atomic E-state index is -0.594. The molecule has 0 fully saturated rings. The summed E-state index contributed by atoms with van der Waals surface area (Å²) in [5.41, 5.74) is 2.09. The number of thioether (sulfide) groups is 1. The number of carbonyl (C=O) groups is 1. The fourth-order valence-corrected chi connectivity index (χ4v) is 4.17. The number of hydrogen-bond acceptors (Lipinski definition) is 8. The maximum absolute atomic E-state index is 12.5. The first-order valence-corrected chi connectivity index (χ1v) is 11.2. The third-order valence-corrected chi connectivity index (χ3v) is 5.62. The Morgan fingerprint density at radius 2 is 2.10 bits per heavy atom. The normalized spacial score (nSPS) is 11.6. The molecular weight excluding hydrogens is 408 g/mol. The van der Waals surface area contributed by atoms with Gasteiger partial charge in [0.2, 0.25) is 0 Å². The first kappa shape index (κ1) is 21.5. The Balaban J connectivity index is 1.86. The van der Waals surface area contributed by atoms with Crippen LogP contribution >= 0.6 is 23.1 Å². The molecule has 2 heterocycles. The van der Waals surface area contributed by atoms with Crippen molar-refractivity contribution in [3.8, 4) is 10.6 Å². The molecule has 0 spiro atoms. The van der Waals surface area contributed by atoms with Gasteiger partial charge in [-0.05, 0) is 38.7 Å². The number of nitrogens with zero attached hydrogens (tertiary/aromatic N) is 4. The van der Waals surface area contributed by atoms with E-state index in [1.165, 1.54) is 16.2 Å². The van der Waals surface area contributed by atoms with Crippen molar-refractivity contribution in [2.45, 2.75) is 37.9 Å². The van der Waals surface area contributed by atoms with Gasteiger partial charge in [0.05, 0.1) is 6.61 Å². The van der Waals surface area contributed by atoms with Crippen molar-refractivity contribution in [2.24, 2.45) is 0 Å². The zero-order chi connectivity index (χ0) is 21.0. The maximum Gasteiger partial charge on any atom is 0.410 e. The van der Waals surface area contributed by atoms with Gasteiger partial charge < -0.3 is 14.7 Å². The molecule has 29 heavy (non-hydrogen) atoms. The van der Waals surface area contributed by atoms with Crippen molar-refractivity contribution in [1.82, 2.24) is 19.9 Å². The Hall–Kier alpha value is -2.23. The second-order valence-corrected chi connectivity index (χ2v) is 9.15. The van der Waals surface area contributed by atoms with Crippen LogP contribution < -0.4 is 0 Å². The molecular formula is C20H24N4O3S2. The average Bonchev–Trinajstić information content (AvgIpc) is 3.11. The van der Waals surface area contributed by atoms with Gasteiger partial charge in [-0.3, -0.25) is 0 Å². The lowest BCUT2D eigenvalue weighted by Gasteiger charge is -2.27. The molecule has 1 N–H and O–H groups in total. The van der Waals surface area contributed by atoms with Gasteiger partial charge in [0.15, 0.2) is 0 Å². The van der Waals surface area contributed by atoms with E-state index < -0.39 is 11.7 Å². The maximum atomic E-state index is 12.5. The number of aliphatic hydroxyl groups excluding tert-OH is 1. The molecule has 7 nitrogen and oxygen atoms in total. The Labute approximate surface area is 178 Å². The molecule has 2 aromatic heterocycles. The van der Waals surface area contributed by atoms with Crippen molar-refractivity contribution >= 4 is 39.5 Å². The Bertz CT molecular complexity index is 1000. The molecule has 0 atom stereocenters. The van der Waals surface area contributed by atoms with E-state index in [1.54, 1.807) is 18.1 Å². The van der Waals surface area contributed by atoms with Crippen LogP contribution in [0.25, 0.3) is 20.9 Å². The minimum Gasteiger partial charge on any atom is -0.444 e. The van der Waals surface area contributed by atoms with Crippen LogP contribution in [0.15, 0.2) is 35.6 Å². The van der Waals surface area contributed by atoms with E-state index in [2.05, 4.69) is 9.97 Å². The predicted molar refractivity (Wildman–Crippen MR) is 116 cm³/mol. The molecule has 0 aliphatic carbocycles. The highest BCUT2D eigenvalue weighted by Gasteiger charge is 2.22. The number of ether oxygens (including phenoxy) is 1. The zero-order valence-corrected chi connectivity index (χ0v) is 18.5. The summed E-state index contributed by atoms with van der Waals surface area (Å²) in [7, 11) is 0. The number of thiazole rings is 1. The molecule has 3 rings (SSSR count). The van der Waals surface area contributed by atoms with Crippen LogP contribution in [0.3, 0.4) is 0 Å². The van der Waals surface area contributed by atoms with Crippen molar-refractivity contribution in [3.63, 3.8) is 0 Å². The van der Waals surface area contributed by atoms with Crippen LogP contribution in [0.2, 0.25) is 0 Å². The second kappa shape index (κ2) is 9.06. The lowest BCUT2D eigenvalue weighted by Crippen LogP contribution is -2.38. The quantitative estimate of drug-likeness (QED) is 0.461. The fourth-order valence-electron chi connectivity index (χ4n) is 2.71. The summed E-state index contributed by atoms with van der Waals surface area (Å²) in [6, 6.07) is 7.86. The number of carbonyl (C=O) groups excluding carboxylic acids is 1. The standard InChI is InChI=1S/C20H24N4O3S2/c1-20(2,3)27-19(26)24(8-9-25)11-13-6-5-7-14(10-13)16-23-15-17(28-4)21-12-22-18(15)29-16/h5-7,10,12,25H,8-9,11H2,1-4H3. The van der Waals surface area contributed by atoms with Crippen LogP contribution in [0.5, 0.6) is 0 Å². The van der Waals surface area contributed by atoms with Crippen molar-refractivity contribution in [1.29, 1.82) is 0 Å². The van der Waals surface area contributed by atoms with E-state index in [9.17, 15) is 9.90 Å². The largest absolute Gasteiger partial charge is 0.444 e. The van der Waals surface area contributed by atoms with Crippen molar-refractivity contribution in [3.05, 3.63) is 36.2 Å². The van der Waals surface area contributed by atoms with Crippen molar-refractivity contribution < 1.29 is 14.6 Å². The molecule has 0 unspecified atom stereocenters. The van der Waals surface area contributed by atoms with Gasteiger partial charge in [-0.2, -0.15) is 0 Å². The summed E-state index contributed by atoms with van der Waals surface area (Å²) in [6.07, 6.45) is 3.07. The summed E-state index contributed by atoms with van der Waals surface area (Å²) in [5.74, 6) is 0. The van der Waals surface area contributed by atoms with E-state index in [0.717, 1.165) is 31.5 Å². The van der Waals surface area contributed by atoms with E-state index in [-0.39, 0.29) is 13.2 Å². The van der Waals surface area contributed by atoms with Crippen molar-refractivity contribution in [2.75, 3.05) is 19.4 Å². The van der Waals surface area contributed by atoms with Gasteiger partial charge in [-0.15, -0.1) is 11.8 Å². The Morgan fingerprint density at radius 1 is 1.31 bits per heavy atom. The molecule has 154 valence electrons. The Kier molecular flexibility index (Phi) is 6.71. The molecule has 0 radical (unpaired) electrons. The van der Waals surface area contributed by atoms with Gasteiger partial charge >= 0.3 is 6.09 Å². The van der Waals surface area contributed by atoms with E-state index in [1.807, 2.05) is 51.3 Å². The first-order valence-electron chi connectivity index (χ1n) is 9.14. The number of aliphatic hydroxyl groups is 1. The summed E-state index contributed by atoms with van der Waals surface area (Å²) < 4.78 is 5.45. The van der Waals surface area contributed by atoms with Gasteiger partial charge in [-0.25, -0.2) is 19.7 Å². The summed E-state index contributed by atoms with van der Waals surface area (Å²) in [4.78, 5) is 28.1. The number of hydrogen-bond donors (Lipinski definition) is 1. The van der Waals surface area contributed by atoms with Crippen LogP contribution in [0.4, 0.5) is 4.79 Å². The fraction of sp³-hybridized carbons (Fsp3) is 0.400. The molecule has 0 saturated heterocycles. The van der Waals surface area contributed by atoms with Gasteiger partial charge in [0.1, 0.15) is 32.3 Å². The molecule has 1 amide bonds. The molecule has 0 saturated carbocycles. The van der Waals surface area contributed by atoms with E-state index in [4.69, 9.17) is 9.72 Å². The second-order valence-electron chi connectivity index (χ2n) is 7.38. The van der Waals surface area contributed by atoms with Crippen LogP contribution in [-0.4, -0.2) is 56.1 Å². The molecule has 0 aliphatic heterocycles. The highest BCUT2D eigenvalue weighted by Crippen LogP contribution is 2.32. The Morgan fingerprint density at radius 3 is 2.79 bits per heavy atom. The van der Waals surface area contributed by atoms with Gasteiger partial charge in [0, 0.05) is 18.7 Å². The molecule has 1 aromatic carbocycles. The zero-order valence-electron chi connectivity index (χ0n) is 16.9. The lowest BCUT2D eigenvalue weighted by molar-refractivity contribution is 0.0201. The summed E-state index contributed by atoms with van der Waals surface area (Å²) >= 11 is 3.05. The van der Waals surface area contributed by atoms with Crippen LogP contribution in [0.1, 0.15) is 26.3 Å². The third-order valence-electron chi connectivity index (χ3n) is 3.92. The smallest absolute Gasteiger partial charge is 0.410 e. The monoisotopic (exact) mass is 432 g/mol. The minimum absolute atomic E-state index is 0.132. The highest BCUT2D eigenvalue weighted by molar-refractivity contribution is 7.98. The lowest BCUT2D eigenvalue weighted by atomic mass is 10.1. The average molecular weight is 433 g/mol. The first-order chi connectivity index (χ1) is 13.8. The van der Waals surface area contributed by atoms with Crippen LogP contribution in [0, 0.1) is 0 Å². The molecule has 0 aliphatic rings. The summed E-state index contributed by atoms with van der Waals surface area (Å²) in [6.45, 7) is 5.87. The van der Waals surface area contributed by atoms with Crippen LogP contribution in [-0.2, 0) is 11.3 Å². The molecule has 0 bridgehead atoms. The number of fused-ring (bicyclic) bond motifs is 1. The van der Waals surface area contributed by atoms with E-state index >= 15 is 0 Å². The highest BCUT2D eigenvalue weighted by atomic mass is 32.2. The number of aromatic nitrogens is 3. The SMILES string of the molecule is CSc1ncnc2sc(-c3cccc(CN(CCO)C(=O)OC(C)(C)C)c3)nc12. The predicted octanol–water partition coefficient (Wildman–Crippen LogP) is 4.20. The summed E-state index contributed by atoms with van der Waals surface area (Å²) in [5, 5.41) is 11.1.